The Morgan fingerprint density at radius 2 is 1.77 bits per heavy atom. The van der Waals surface area contributed by atoms with Crippen LogP contribution >= 0.6 is 0 Å². The maximum absolute atomic E-state index is 13.0. The van der Waals surface area contributed by atoms with Gasteiger partial charge in [-0.05, 0) is 37.3 Å². The summed E-state index contributed by atoms with van der Waals surface area (Å²) in [5.74, 6) is 0.902. The van der Waals surface area contributed by atoms with E-state index in [1.807, 2.05) is 42.2 Å². The molecule has 1 aromatic carbocycles. The van der Waals surface area contributed by atoms with Crippen molar-refractivity contribution >= 4 is 5.91 Å². The smallest absolute Gasteiger partial charge is 0.227 e. The van der Waals surface area contributed by atoms with Crippen molar-refractivity contribution in [3.63, 3.8) is 0 Å². The number of nitrogens with zero attached hydrogens (tertiary/aromatic N) is 2. The Hall–Kier alpha value is -1.39. The highest BCUT2D eigenvalue weighted by molar-refractivity contribution is 5.79. The molecule has 0 spiro atoms. The molecule has 1 saturated carbocycles. The normalized spacial score (nSPS) is 22.6. The summed E-state index contributed by atoms with van der Waals surface area (Å²) in [6.45, 7) is 7.05. The van der Waals surface area contributed by atoms with Gasteiger partial charge in [-0.25, -0.2) is 0 Å². The Labute approximate surface area is 158 Å². The van der Waals surface area contributed by atoms with Crippen molar-refractivity contribution in [2.24, 2.45) is 17.6 Å². The van der Waals surface area contributed by atoms with Crippen LogP contribution < -0.4 is 5.73 Å². The molecule has 0 bridgehead atoms. The average Bonchev–Trinajstić information content (AvgIpc) is 2.93. The third-order valence-corrected chi connectivity index (χ3v) is 6.25. The summed E-state index contributed by atoms with van der Waals surface area (Å²) in [6, 6.07) is 9.76. The molecule has 2 unspecified atom stereocenters. The third kappa shape index (κ3) is 5.08. The van der Waals surface area contributed by atoms with Gasteiger partial charge in [0.25, 0.3) is 0 Å². The lowest BCUT2D eigenvalue weighted by atomic mass is 9.89. The van der Waals surface area contributed by atoms with E-state index >= 15 is 0 Å². The Morgan fingerprint density at radius 3 is 2.50 bits per heavy atom. The molecule has 1 saturated heterocycles. The number of carbonyl (C=O) groups excluding carboxylic acids is 1. The number of benzene rings is 1. The van der Waals surface area contributed by atoms with Gasteiger partial charge in [0.2, 0.25) is 5.91 Å². The molecule has 2 aliphatic rings. The fourth-order valence-corrected chi connectivity index (χ4v) is 4.51. The summed E-state index contributed by atoms with van der Waals surface area (Å²) in [4.78, 5) is 17.6. The summed E-state index contributed by atoms with van der Waals surface area (Å²) in [5, 5.41) is 0. The average molecular weight is 358 g/mol. The molecule has 1 aliphatic carbocycles. The summed E-state index contributed by atoms with van der Waals surface area (Å²) < 4.78 is 0. The molecule has 3 rings (SSSR count). The minimum Gasteiger partial charge on any atom is -0.341 e. The molecule has 26 heavy (non-hydrogen) atoms. The molecule has 4 heteroatoms. The van der Waals surface area contributed by atoms with Crippen LogP contribution in [0.3, 0.4) is 0 Å². The second kappa shape index (κ2) is 9.52. The number of hydrogen-bond donors (Lipinski definition) is 1. The van der Waals surface area contributed by atoms with Crippen molar-refractivity contribution < 1.29 is 4.79 Å². The van der Waals surface area contributed by atoms with Gasteiger partial charge in [0.15, 0.2) is 0 Å². The Kier molecular flexibility index (Phi) is 7.09. The van der Waals surface area contributed by atoms with Gasteiger partial charge in [0.05, 0.1) is 5.92 Å². The zero-order valence-corrected chi connectivity index (χ0v) is 16.3. The van der Waals surface area contributed by atoms with Crippen LogP contribution in [-0.4, -0.2) is 48.4 Å². The van der Waals surface area contributed by atoms with Crippen LogP contribution in [0.2, 0.25) is 0 Å². The van der Waals surface area contributed by atoms with Gasteiger partial charge >= 0.3 is 0 Å². The monoisotopic (exact) mass is 357 g/mol. The molecule has 144 valence electrons. The first-order chi connectivity index (χ1) is 12.6. The lowest BCUT2D eigenvalue weighted by Gasteiger charge is -2.29. The van der Waals surface area contributed by atoms with E-state index in [-0.39, 0.29) is 17.9 Å². The van der Waals surface area contributed by atoms with E-state index in [4.69, 9.17) is 5.73 Å². The van der Waals surface area contributed by atoms with Crippen LogP contribution in [0.15, 0.2) is 30.3 Å². The maximum Gasteiger partial charge on any atom is 0.227 e. The minimum absolute atomic E-state index is 0.178. The van der Waals surface area contributed by atoms with Gasteiger partial charge in [-0.3, -0.25) is 4.79 Å². The SMILES string of the molecule is CC(C(=O)N1CCCN(CC2CCCCC2)CC1)C(N)c1ccccc1. The third-order valence-electron chi connectivity index (χ3n) is 6.25. The van der Waals surface area contributed by atoms with Crippen LogP contribution in [0, 0.1) is 11.8 Å². The highest BCUT2D eigenvalue weighted by Crippen LogP contribution is 2.25. The number of hydrogen-bond acceptors (Lipinski definition) is 3. The number of carbonyl (C=O) groups is 1. The van der Waals surface area contributed by atoms with Crippen molar-refractivity contribution in [1.82, 2.24) is 9.80 Å². The van der Waals surface area contributed by atoms with Crippen LogP contribution in [0.25, 0.3) is 0 Å². The molecule has 0 radical (unpaired) electrons. The Morgan fingerprint density at radius 1 is 1.04 bits per heavy atom. The lowest BCUT2D eigenvalue weighted by molar-refractivity contribution is -0.135. The zero-order chi connectivity index (χ0) is 18.4. The van der Waals surface area contributed by atoms with Gasteiger partial charge in [-0.2, -0.15) is 0 Å². The second-order valence-electron chi connectivity index (χ2n) is 8.21. The van der Waals surface area contributed by atoms with Crippen molar-refractivity contribution in [2.45, 2.75) is 51.5 Å². The van der Waals surface area contributed by atoms with E-state index in [2.05, 4.69) is 4.90 Å². The topological polar surface area (TPSA) is 49.6 Å². The summed E-state index contributed by atoms with van der Waals surface area (Å²) >= 11 is 0. The van der Waals surface area contributed by atoms with Gasteiger partial charge < -0.3 is 15.5 Å². The summed E-state index contributed by atoms with van der Waals surface area (Å²) in [6.07, 6.45) is 8.07. The molecule has 0 aromatic heterocycles. The molecule has 1 aliphatic heterocycles. The second-order valence-corrected chi connectivity index (χ2v) is 8.21. The fourth-order valence-electron chi connectivity index (χ4n) is 4.51. The van der Waals surface area contributed by atoms with Crippen molar-refractivity contribution in [2.75, 3.05) is 32.7 Å². The largest absolute Gasteiger partial charge is 0.341 e. The van der Waals surface area contributed by atoms with Crippen LogP contribution in [0.4, 0.5) is 0 Å². The van der Waals surface area contributed by atoms with E-state index in [9.17, 15) is 4.79 Å². The van der Waals surface area contributed by atoms with Crippen molar-refractivity contribution in [3.8, 4) is 0 Å². The van der Waals surface area contributed by atoms with E-state index in [1.165, 1.54) is 38.6 Å². The number of amides is 1. The fraction of sp³-hybridized carbons (Fsp3) is 0.682. The molecule has 2 atom stereocenters. The molecule has 1 aromatic rings. The predicted octanol–water partition coefficient (Wildman–Crippen LogP) is 3.44. The van der Waals surface area contributed by atoms with E-state index in [0.29, 0.717) is 0 Å². The van der Waals surface area contributed by atoms with Crippen LogP contribution in [0.1, 0.15) is 57.1 Å². The Balaban J connectivity index is 1.52. The Bertz CT molecular complexity index is 556. The van der Waals surface area contributed by atoms with Gasteiger partial charge in [-0.15, -0.1) is 0 Å². The summed E-state index contributed by atoms with van der Waals surface area (Å²) in [5.41, 5.74) is 7.42. The van der Waals surface area contributed by atoms with E-state index in [0.717, 1.165) is 44.1 Å². The molecule has 4 nitrogen and oxygen atoms in total. The van der Waals surface area contributed by atoms with E-state index < -0.39 is 0 Å². The highest BCUT2D eigenvalue weighted by Gasteiger charge is 2.28. The van der Waals surface area contributed by atoms with Crippen molar-refractivity contribution in [3.05, 3.63) is 35.9 Å². The molecular weight excluding hydrogens is 322 g/mol. The standard InChI is InChI=1S/C22H35N3O/c1-18(21(23)20-11-6-3-7-12-20)22(26)25-14-8-13-24(15-16-25)17-19-9-4-2-5-10-19/h3,6-7,11-12,18-19,21H,2,4-5,8-10,13-17,23H2,1H3. The summed E-state index contributed by atoms with van der Waals surface area (Å²) in [7, 11) is 0. The van der Waals surface area contributed by atoms with Gasteiger partial charge in [0.1, 0.15) is 0 Å². The first-order valence-corrected chi connectivity index (χ1v) is 10.5. The van der Waals surface area contributed by atoms with E-state index in [1.54, 1.807) is 0 Å². The molecular formula is C22H35N3O. The molecule has 2 N–H and O–H groups in total. The maximum atomic E-state index is 13.0. The number of nitrogens with two attached hydrogens (primary N) is 1. The first kappa shape index (κ1) is 19.4. The van der Waals surface area contributed by atoms with Crippen molar-refractivity contribution in [1.29, 1.82) is 0 Å². The minimum atomic E-state index is -0.231. The predicted molar refractivity (Wildman–Crippen MR) is 107 cm³/mol. The quantitative estimate of drug-likeness (QED) is 0.878. The number of rotatable bonds is 5. The van der Waals surface area contributed by atoms with Crippen LogP contribution in [-0.2, 0) is 4.79 Å². The molecule has 1 amide bonds. The van der Waals surface area contributed by atoms with Gasteiger partial charge in [0, 0.05) is 32.2 Å². The van der Waals surface area contributed by atoms with Gasteiger partial charge in [-0.1, -0.05) is 56.5 Å². The molecule has 2 fully saturated rings. The zero-order valence-electron chi connectivity index (χ0n) is 16.3. The molecule has 1 heterocycles. The first-order valence-electron chi connectivity index (χ1n) is 10.5. The highest BCUT2D eigenvalue weighted by atomic mass is 16.2. The van der Waals surface area contributed by atoms with Crippen LogP contribution in [0.5, 0.6) is 0 Å². The lowest BCUT2D eigenvalue weighted by Crippen LogP contribution is -2.41.